The van der Waals surface area contributed by atoms with E-state index in [1.807, 2.05) is 25.1 Å². The maximum Gasteiger partial charge on any atom is 0.375 e. The first-order valence-corrected chi connectivity index (χ1v) is 8.37. The van der Waals surface area contributed by atoms with Gasteiger partial charge >= 0.3 is 5.97 Å². The van der Waals surface area contributed by atoms with Crippen molar-refractivity contribution < 1.29 is 27.5 Å². The molecule has 0 unspecified atom stereocenters. The quantitative estimate of drug-likeness (QED) is 0.452. The predicted octanol–water partition coefficient (Wildman–Crippen LogP) is 3.97. The molecule has 4 aromatic rings. The summed E-state index contributed by atoms with van der Waals surface area (Å²) in [5.74, 6) is 0.287. The predicted molar refractivity (Wildman–Crippen MR) is 92.7 cm³/mol. The van der Waals surface area contributed by atoms with Crippen molar-refractivity contribution in [2.24, 2.45) is 0 Å². The number of carbonyl (C=O) groups is 1. The summed E-state index contributed by atoms with van der Waals surface area (Å²) in [6.07, 6.45) is 1.50. The van der Waals surface area contributed by atoms with Gasteiger partial charge in [-0.15, -0.1) is 10.2 Å². The summed E-state index contributed by atoms with van der Waals surface area (Å²) >= 11 is 0. The molecule has 0 bridgehead atoms. The molecule has 138 valence electrons. The molecule has 0 saturated carbocycles. The molecule has 27 heavy (non-hydrogen) atoms. The second kappa shape index (κ2) is 7.46. The van der Waals surface area contributed by atoms with E-state index in [2.05, 4.69) is 10.2 Å². The van der Waals surface area contributed by atoms with E-state index in [4.69, 9.17) is 22.7 Å². The van der Waals surface area contributed by atoms with Gasteiger partial charge in [0.25, 0.3) is 11.8 Å². The van der Waals surface area contributed by atoms with Crippen LogP contribution < -0.4 is 0 Å². The lowest BCUT2D eigenvalue weighted by Gasteiger charge is -2.03. The molecule has 4 rings (SSSR count). The summed E-state index contributed by atoms with van der Waals surface area (Å²) < 4.78 is 27.0. The lowest BCUT2D eigenvalue weighted by Crippen LogP contribution is -2.08. The molecule has 3 heterocycles. The maximum atomic E-state index is 12.5. The Labute approximate surface area is 153 Å². The number of fused-ring (bicyclic) bond motifs is 1. The molecule has 0 saturated heterocycles. The Morgan fingerprint density at radius 1 is 1.07 bits per heavy atom. The largest absolute Gasteiger partial charge is 0.459 e. The normalized spacial score (nSPS) is 11.1. The molecular formula is C19H16N2O6. The topological polar surface area (TPSA) is 101 Å². The second-order valence-corrected chi connectivity index (χ2v) is 5.60. The Hall–Kier alpha value is -3.39. The molecule has 0 atom stereocenters. The number of hydrogen-bond donors (Lipinski definition) is 0. The van der Waals surface area contributed by atoms with Crippen LogP contribution in [0.15, 0.2) is 55.9 Å². The van der Waals surface area contributed by atoms with Crippen LogP contribution in [0.5, 0.6) is 0 Å². The smallest absolute Gasteiger partial charge is 0.375 e. The second-order valence-electron chi connectivity index (χ2n) is 5.60. The first-order chi connectivity index (χ1) is 13.3. The molecule has 0 spiro atoms. The van der Waals surface area contributed by atoms with Gasteiger partial charge in [-0.25, -0.2) is 4.79 Å². The summed E-state index contributed by atoms with van der Waals surface area (Å²) in [5.41, 5.74) is 1.25. The fraction of sp³-hybridized carbons (Fsp3) is 0.211. The number of para-hydroxylation sites is 1. The molecule has 1 aromatic carbocycles. The monoisotopic (exact) mass is 368 g/mol. The molecule has 3 aromatic heterocycles. The lowest BCUT2D eigenvalue weighted by atomic mass is 10.1. The number of esters is 1. The Bertz CT molecular complexity index is 1050. The van der Waals surface area contributed by atoms with Crippen molar-refractivity contribution in [1.82, 2.24) is 10.2 Å². The lowest BCUT2D eigenvalue weighted by molar-refractivity contribution is 0.0396. The van der Waals surface area contributed by atoms with Crippen LogP contribution in [0.3, 0.4) is 0 Å². The maximum absolute atomic E-state index is 12.5. The van der Waals surface area contributed by atoms with Gasteiger partial charge in [-0.1, -0.05) is 18.2 Å². The van der Waals surface area contributed by atoms with Gasteiger partial charge in [-0.05, 0) is 25.1 Å². The fourth-order valence-corrected chi connectivity index (χ4v) is 2.62. The van der Waals surface area contributed by atoms with E-state index in [0.717, 1.165) is 5.39 Å². The first kappa shape index (κ1) is 17.0. The highest BCUT2D eigenvalue weighted by Crippen LogP contribution is 2.27. The first-order valence-electron chi connectivity index (χ1n) is 8.37. The Balaban J connectivity index is 1.51. The molecule has 0 fully saturated rings. The SMILES string of the molecule is CCOCc1c(C(=O)OCc2nnc(-c3ccco3)o2)oc2ccccc12. The molecule has 0 N–H and O–H groups in total. The number of carbonyl (C=O) groups excluding carboxylic acids is 1. The summed E-state index contributed by atoms with van der Waals surface area (Å²) in [4.78, 5) is 12.5. The van der Waals surface area contributed by atoms with Crippen LogP contribution >= 0.6 is 0 Å². The van der Waals surface area contributed by atoms with E-state index in [1.54, 1.807) is 18.2 Å². The van der Waals surface area contributed by atoms with Crippen molar-refractivity contribution in [2.75, 3.05) is 6.61 Å². The van der Waals surface area contributed by atoms with Gasteiger partial charge in [0, 0.05) is 17.6 Å². The molecule has 0 radical (unpaired) electrons. The third kappa shape index (κ3) is 3.47. The van der Waals surface area contributed by atoms with Crippen molar-refractivity contribution in [3.8, 4) is 11.7 Å². The summed E-state index contributed by atoms with van der Waals surface area (Å²) in [7, 11) is 0. The van der Waals surface area contributed by atoms with Gasteiger partial charge in [0.05, 0.1) is 12.9 Å². The van der Waals surface area contributed by atoms with Crippen LogP contribution in [0.25, 0.3) is 22.6 Å². The zero-order valence-corrected chi connectivity index (χ0v) is 14.5. The van der Waals surface area contributed by atoms with Gasteiger partial charge < -0.3 is 22.7 Å². The minimum atomic E-state index is -0.626. The van der Waals surface area contributed by atoms with E-state index in [-0.39, 0.29) is 30.8 Å². The average Bonchev–Trinajstić information content (AvgIpc) is 3.43. The highest BCUT2D eigenvalue weighted by Gasteiger charge is 2.23. The number of furan rings is 2. The number of hydrogen-bond acceptors (Lipinski definition) is 8. The van der Waals surface area contributed by atoms with Gasteiger partial charge in [-0.3, -0.25) is 0 Å². The standard InChI is InChI=1S/C19H16N2O6/c1-2-23-10-13-12-6-3-4-7-14(12)26-17(13)19(22)25-11-16-20-21-18(27-16)15-8-5-9-24-15/h3-9H,2,10-11H2,1H3. The van der Waals surface area contributed by atoms with Crippen LogP contribution in [-0.2, 0) is 22.7 Å². The van der Waals surface area contributed by atoms with Crippen molar-refractivity contribution in [3.63, 3.8) is 0 Å². The molecule has 0 aliphatic rings. The van der Waals surface area contributed by atoms with Gasteiger partial charge in [0.2, 0.25) is 5.76 Å². The number of benzene rings is 1. The average molecular weight is 368 g/mol. The molecular weight excluding hydrogens is 352 g/mol. The van der Waals surface area contributed by atoms with Gasteiger partial charge in [0.1, 0.15) is 5.58 Å². The molecule has 0 aliphatic heterocycles. The van der Waals surface area contributed by atoms with Crippen LogP contribution in [0.1, 0.15) is 28.9 Å². The highest BCUT2D eigenvalue weighted by molar-refractivity contribution is 5.96. The van der Waals surface area contributed by atoms with Crippen LogP contribution in [0.2, 0.25) is 0 Å². The van der Waals surface area contributed by atoms with Crippen LogP contribution in [0, 0.1) is 0 Å². The molecule has 0 amide bonds. The number of aromatic nitrogens is 2. The Morgan fingerprint density at radius 3 is 2.78 bits per heavy atom. The number of ether oxygens (including phenoxy) is 2. The highest BCUT2D eigenvalue weighted by atomic mass is 16.6. The minimum Gasteiger partial charge on any atom is -0.459 e. The molecule has 8 heteroatoms. The number of rotatable bonds is 7. The van der Waals surface area contributed by atoms with Crippen molar-refractivity contribution in [2.45, 2.75) is 20.1 Å². The minimum absolute atomic E-state index is 0.107. The van der Waals surface area contributed by atoms with Gasteiger partial charge in [-0.2, -0.15) is 0 Å². The summed E-state index contributed by atoms with van der Waals surface area (Å²) in [5, 5.41) is 8.52. The van der Waals surface area contributed by atoms with E-state index in [9.17, 15) is 4.79 Å². The van der Waals surface area contributed by atoms with E-state index >= 15 is 0 Å². The van der Waals surface area contributed by atoms with Crippen molar-refractivity contribution in [1.29, 1.82) is 0 Å². The summed E-state index contributed by atoms with van der Waals surface area (Å²) in [6, 6.07) is 10.8. The number of nitrogens with zero attached hydrogens (tertiary/aromatic N) is 2. The zero-order valence-electron chi connectivity index (χ0n) is 14.5. The van der Waals surface area contributed by atoms with Crippen molar-refractivity contribution >= 4 is 16.9 Å². The third-order valence-electron chi connectivity index (χ3n) is 3.86. The zero-order chi connectivity index (χ0) is 18.6. The van der Waals surface area contributed by atoms with E-state index in [0.29, 0.717) is 23.5 Å². The van der Waals surface area contributed by atoms with Gasteiger partial charge in [0.15, 0.2) is 12.4 Å². The summed E-state index contributed by atoms with van der Waals surface area (Å²) in [6.45, 7) is 2.47. The third-order valence-corrected chi connectivity index (χ3v) is 3.86. The van der Waals surface area contributed by atoms with E-state index in [1.165, 1.54) is 6.26 Å². The van der Waals surface area contributed by atoms with Crippen LogP contribution in [-0.4, -0.2) is 22.8 Å². The molecule has 8 nitrogen and oxygen atoms in total. The fourth-order valence-electron chi connectivity index (χ4n) is 2.62. The molecule has 0 aliphatic carbocycles. The Kier molecular flexibility index (Phi) is 4.71. The van der Waals surface area contributed by atoms with Crippen molar-refractivity contribution in [3.05, 3.63) is 59.9 Å². The van der Waals surface area contributed by atoms with E-state index < -0.39 is 5.97 Å². The Morgan fingerprint density at radius 2 is 1.96 bits per heavy atom. The van der Waals surface area contributed by atoms with Crippen LogP contribution in [0.4, 0.5) is 0 Å².